The molecule has 52 heavy (non-hydrogen) atoms. The first-order valence-electron chi connectivity index (χ1n) is 18.0. The minimum atomic E-state index is 0.106. The van der Waals surface area contributed by atoms with Crippen LogP contribution in [0.1, 0.15) is 41.7 Å². The number of fused-ring (bicyclic) bond motifs is 8. The number of aromatic nitrogens is 4. The highest BCUT2D eigenvalue weighted by Gasteiger charge is 2.24. The highest BCUT2D eigenvalue weighted by Crippen LogP contribution is 2.40. The highest BCUT2D eigenvalue weighted by molar-refractivity contribution is 6.13. The van der Waals surface area contributed by atoms with E-state index in [1.165, 1.54) is 48.9 Å². The zero-order valence-corrected chi connectivity index (χ0v) is 28.3. The first-order chi connectivity index (χ1) is 25.7. The second kappa shape index (κ2) is 11.5. The predicted octanol–water partition coefficient (Wildman–Crippen LogP) is 11.8. The Hall–Kier alpha value is -6.59. The minimum absolute atomic E-state index is 0.106. The van der Waals surface area contributed by atoms with Gasteiger partial charge >= 0.3 is 0 Å². The molecule has 0 saturated heterocycles. The summed E-state index contributed by atoms with van der Waals surface area (Å²) in [5.41, 5.74) is 7.64. The van der Waals surface area contributed by atoms with Gasteiger partial charge in [0.15, 0.2) is 11.6 Å². The van der Waals surface area contributed by atoms with Gasteiger partial charge in [0, 0.05) is 50.5 Å². The molecule has 1 unspecified atom stereocenters. The lowest BCUT2D eigenvalue weighted by atomic mass is 9.94. The molecule has 0 bridgehead atoms. The molecule has 0 radical (unpaired) electrons. The van der Waals surface area contributed by atoms with Crippen molar-refractivity contribution in [2.24, 2.45) is 0 Å². The van der Waals surface area contributed by atoms with E-state index in [0.29, 0.717) is 5.82 Å². The van der Waals surface area contributed by atoms with Crippen molar-refractivity contribution in [3.8, 4) is 17.1 Å². The summed E-state index contributed by atoms with van der Waals surface area (Å²) in [6.07, 6.45) is 13.2. The topological polar surface area (TPSA) is 56.7 Å². The summed E-state index contributed by atoms with van der Waals surface area (Å²) in [4.78, 5) is 15.2. The maximum atomic E-state index is 6.70. The normalized spacial score (nSPS) is 15.6. The van der Waals surface area contributed by atoms with Gasteiger partial charge in [-0.1, -0.05) is 103 Å². The lowest BCUT2D eigenvalue weighted by molar-refractivity contribution is 0.596. The van der Waals surface area contributed by atoms with Gasteiger partial charge in [-0.3, -0.25) is 0 Å². The maximum Gasteiger partial charge on any atom is 0.163 e. The number of para-hydroxylation sites is 1. The van der Waals surface area contributed by atoms with Gasteiger partial charge in [-0.25, -0.2) is 15.0 Å². The quantitative estimate of drug-likeness (QED) is 0.187. The molecule has 11 rings (SSSR count). The van der Waals surface area contributed by atoms with Gasteiger partial charge in [-0.05, 0) is 83.3 Å². The lowest BCUT2D eigenvalue weighted by Gasteiger charge is -2.17. The van der Waals surface area contributed by atoms with Gasteiger partial charge in [-0.2, -0.15) is 0 Å². The molecule has 2 aliphatic rings. The van der Waals surface area contributed by atoms with Gasteiger partial charge in [0.05, 0.1) is 11.0 Å². The number of allylic oxidation sites excluding steroid dienone is 5. The predicted molar refractivity (Wildman–Crippen MR) is 213 cm³/mol. The van der Waals surface area contributed by atoms with Crippen molar-refractivity contribution in [1.29, 1.82) is 0 Å². The molecule has 0 N–H and O–H groups in total. The van der Waals surface area contributed by atoms with E-state index < -0.39 is 0 Å². The maximum absolute atomic E-state index is 6.70. The Labute approximate surface area is 299 Å². The molecule has 3 aromatic heterocycles. The summed E-state index contributed by atoms with van der Waals surface area (Å²) in [6, 6.07) is 43.4. The van der Waals surface area contributed by atoms with Crippen molar-refractivity contribution >= 4 is 66.0 Å². The van der Waals surface area contributed by atoms with Crippen LogP contribution in [0, 0.1) is 0 Å². The Bertz CT molecular complexity index is 3010. The van der Waals surface area contributed by atoms with Crippen LogP contribution in [0.4, 0.5) is 0 Å². The molecule has 0 aliphatic heterocycles. The average Bonchev–Trinajstić information content (AvgIpc) is 3.74. The van der Waals surface area contributed by atoms with Gasteiger partial charge in [-0.15, -0.1) is 0 Å². The molecule has 0 fully saturated rings. The molecular weight excluding hydrogens is 637 g/mol. The van der Waals surface area contributed by atoms with E-state index in [4.69, 9.17) is 19.4 Å². The summed E-state index contributed by atoms with van der Waals surface area (Å²) >= 11 is 0. The van der Waals surface area contributed by atoms with E-state index >= 15 is 0 Å². The number of hydrogen-bond donors (Lipinski definition) is 0. The number of benzene rings is 6. The third-order valence-electron chi connectivity index (χ3n) is 10.8. The van der Waals surface area contributed by atoms with E-state index in [-0.39, 0.29) is 5.92 Å². The number of furan rings is 1. The summed E-state index contributed by atoms with van der Waals surface area (Å²) in [5, 5.41) is 8.50. The summed E-state index contributed by atoms with van der Waals surface area (Å²) in [6.45, 7) is 0. The number of hydrogen-bond acceptors (Lipinski definition) is 4. The Morgan fingerprint density at radius 2 is 1.38 bits per heavy atom. The van der Waals surface area contributed by atoms with Crippen molar-refractivity contribution in [2.45, 2.75) is 25.2 Å². The molecule has 5 heteroatoms. The van der Waals surface area contributed by atoms with Crippen LogP contribution in [0.5, 0.6) is 0 Å². The zero-order valence-electron chi connectivity index (χ0n) is 28.3. The van der Waals surface area contributed by atoms with Gasteiger partial charge in [0.2, 0.25) is 0 Å². The number of rotatable bonds is 4. The number of nitrogens with zero attached hydrogens (tertiary/aromatic N) is 4. The average molecular weight is 669 g/mol. The summed E-state index contributed by atoms with van der Waals surface area (Å²) < 4.78 is 9.07. The Kier molecular flexibility index (Phi) is 6.44. The lowest BCUT2D eigenvalue weighted by Crippen LogP contribution is -2.10. The minimum Gasteiger partial charge on any atom is -0.456 e. The van der Waals surface area contributed by atoms with Crippen molar-refractivity contribution in [1.82, 2.24) is 19.5 Å². The second-order valence-electron chi connectivity index (χ2n) is 13.9. The first kappa shape index (κ1) is 29.2. The second-order valence-corrected chi connectivity index (χ2v) is 13.9. The molecule has 9 aromatic rings. The van der Waals surface area contributed by atoms with Crippen molar-refractivity contribution in [3.05, 3.63) is 169 Å². The van der Waals surface area contributed by atoms with Crippen LogP contribution in [-0.4, -0.2) is 19.5 Å². The van der Waals surface area contributed by atoms with Crippen molar-refractivity contribution in [3.63, 3.8) is 0 Å². The monoisotopic (exact) mass is 668 g/mol. The van der Waals surface area contributed by atoms with Crippen molar-refractivity contribution in [2.75, 3.05) is 0 Å². The Morgan fingerprint density at radius 3 is 2.25 bits per heavy atom. The molecule has 0 saturated carbocycles. The van der Waals surface area contributed by atoms with Crippen LogP contribution < -0.4 is 0 Å². The van der Waals surface area contributed by atoms with E-state index in [1.54, 1.807) is 0 Å². The zero-order chi connectivity index (χ0) is 34.2. The van der Waals surface area contributed by atoms with Gasteiger partial charge in [0.25, 0.3) is 0 Å². The SMILES string of the molecule is C1=CCC(c2nc(C3=Cc4oc5cc(-n6c7ccccc7c7cc8ccccc8cc76)ccc5c4CC3)nc(-c3ccc4ccccc4c3)n2)C=C1. The number of aryl methyl sites for hydroxylation is 1. The van der Waals surface area contributed by atoms with E-state index in [0.717, 1.165) is 64.5 Å². The van der Waals surface area contributed by atoms with Crippen LogP contribution in [0.15, 0.2) is 150 Å². The van der Waals surface area contributed by atoms with Crippen LogP contribution >= 0.6 is 0 Å². The van der Waals surface area contributed by atoms with Crippen LogP contribution in [0.25, 0.3) is 83.0 Å². The molecule has 2 aliphatic carbocycles. The fourth-order valence-corrected chi connectivity index (χ4v) is 8.20. The molecule has 5 nitrogen and oxygen atoms in total. The molecule has 1 atom stereocenters. The molecule has 0 amide bonds. The van der Waals surface area contributed by atoms with Crippen molar-refractivity contribution < 1.29 is 4.42 Å². The van der Waals surface area contributed by atoms with Crippen LogP contribution in [0.3, 0.4) is 0 Å². The molecule has 246 valence electrons. The van der Waals surface area contributed by atoms with Gasteiger partial charge in [0.1, 0.15) is 17.2 Å². The van der Waals surface area contributed by atoms with E-state index in [9.17, 15) is 0 Å². The highest BCUT2D eigenvalue weighted by atomic mass is 16.3. The van der Waals surface area contributed by atoms with Gasteiger partial charge < -0.3 is 8.98 Å². The summed E-state index contributed by atoms with van der Waals surface area (Å²) in [7, 11) is 0. The third kappa shape index (κ3) is 4.66. The van der Waals surface area contributed by atoms with Crippen LogP contribution in [-0.2, 0) is 6.42 Å². The third-order valence-corrected chi connectivity index (χ3v) is 10.8. The molecule has 3 heterocycles. The fraction of sp³-hybridized carbons (Fsp3) is 0.0851. The molecule has 0 spiro atoms. The first-order valence-corrected chi connectivity index (χ1v) is 18.0. The Morgan fingerprint density at radius 1 is 0.596 bits per heavy atom. The smallest absolute Gasteiger partial charge is 0.163 e. The van der Waals surface area contributed by atoms with E-state index in [2.05, 4.69) is 156 Å². The molecular formula is C47H32N4O. The fourth-order valence-electron chi connectivity index (χ4n) is 8.20. The van der Waals surface area contributed by atoms with Crippen LogP contribution in [0.2, 0.25) is 0 Å². The largest absolute Gasteiger partial charge is 0.456 e. The summed E-state index contributed by atoms with van der Waals surface area (Å²) in [5.74, 6) is 3.22. The molecule has 6 aromatic carbocycles. The Balaban J connectivity index is 1.03. The van der Waals surface area contributed by atoms with E-state index in [1.807, 2.05) is 0 Å². The standard InChI is InChI=1S/C47H32N4O/c1-2-11-30(12-3-1)45-48-46(34-19-18-29-10-4-5-13-31(29)24-34)50-47(49-45)35-20-22-38-39-23-21-36(28-44(39)52-43(38)27-35)51-41-17-9-8-16-37(41)40-25-32-14-6-7-15-33(32)26-42(40)51/h1-11,13-19,21,23-28,30H,12,20,22H2.